The Bertz CT molecular complexity index is 511. The van der Waals surface area contributed by atoms with E-state index in [1.54, 1.807) is 17.0 Å². The van der Waals surface area contributed by atoms with Crippen LogP contribution in [-0.4, -0.2) is 35.1 Å². The van der Waals surface area contributed by atoms with E-state index in [1.165, 1.54) is 12.1 Å². The number of ether oxygens (including phenoxy) is 1. The number of nitrogens with two attached hydrogens (primary N) is 1. The molecule has 1 atom stereocenters. The van der Waals surface area contributed by atoms with E-state index in [9.17, 15) is 14.9 Å². The molecule has 1 aliphatic heterocycles. The van der Waals surface area contributed by atoms with Crippen molar-refractivity contribution >= 4 is 24.2 Å². The van der Waals surface area contributed by atoms with E-state index in [1.807, 2.05) is 0 Å². The second-order valence-electron chi connectivity index (χ2n) is 4.82. The zero-order valence-electron chi connectivity index (χ0n) is 11.8. The van der Waals surface area contributed by atoms with E-state index >= 15 is 0 Å². The molecule has 2 rings (SSSR count). The van der Waals surface area contributed by atoms with E-state index < -0.39 is 11.0 Å². The average Bonchev–Trinajstić information content (AvgIpc) is 2.53. The third kappa shape index (κ3) is 4.83. The van der Waals surface area contributed by atoms with Crippen molar-refractivity contribution < 1.29 is 19.3 Å². The lowest BCUT2D eigenvalue weighted by Gasteiger charge is -2.30. The van der Waals surface area contributed by atoms with Gasteiger partial charge in [0.1, 0.15) is 6.61 Å². The Morgan fingerprint density at radius 3 is 2.68 bits per heavy atom. The van der Waals surface area contributed by atoms with Crippen molar-refractivity contribution in [2.24, 2.45) is 5.90 Å². The molecule has 0 unspecified atom stereocenters. The number of nitro benzene ring substituents is 1. The zero-order valence-corrected chi connectivity index (χ0v) is 12.7. The van der Waals surface area contributed by atoms with Crippen molar-refractivity contribution in [2.45, 2.75) is 25.6 Å². The van der Waals surface area contributed by atoms with Crippen LogP contribution in [0.4, 0.5) is 10.5 Å². The number of nitrogens with zero attached hydrogens (tertiary/aromatic N) is 2. The molecule has 0 radical (unpaired) electrons. The third-order valence-corrected chi connectivity index (χ3v) is 3.34. The predicted molar refractivity (Wildman–Crippen MR) is 80.4 cm³/mol. The highest BCUT2D eigenvalue weighted by Crippen LogP contribution is 2.15. The predicted octanol–water partition coefficient (Wildman–Crippen LogP) is 2.01. The van der Waals surface area contributed by atoms with E-state index in [0.717, 1.165) is 12.8 Å². The van der Waals surface area contributed by atoms with Gasteiger partial charge in [0.15, 0.2) is 0 Å². The van der Waals surface area contributed by atoms with Gasteiger partial charge in [-0.3, -0.25) is 15.0 Å². The van der Waals surface area contributed by atoms with Gasteiger partial charge < -0.3 is 9.64 Å². The maximum atomic E-state index is 11.9. The highest BCUT2D eigenvalue weighted by atomic mass is 35.5. The first-order valence-electron chi connectivity index (χ1n) is 6.60. The Kier molecular flexibility index (Phi) is 7.03. The maximum absolute atomic E-state index is 11.9. The molecule has 1 heterocycles. The summed E-state index contributed by atoms with van der Waals surface area (Å²) in [5, 5.41) is 10.5. The Hall–Kier alpha value is -1.90. The van der Waals surface area contributed by atoms with Gasteiger partial charge in [0.25, 0.3) is 5.69 Å². The monoisotopic (exact) mass is 331 g/mol. The molecular formula is C13H18ClN3O5. The van der Waals surface area contributed by atoms with Gasteiger partial charge in [0, 0.05) is 18.7 Å². The van der Waals surface area contributed by atoms with Crippen LogP contribution < -0.4 is 5.90 Å². The fourth-order valence-electron chi connectivity index (χ4n) is 2.17. The number of benzene rings is 1. The second-order valence-corrected chi connectivity index (χ2v) is 4.82. The van der Waals surface area contributed by atoms with Gasteiger partial charge in [-0.1, -0.05) is 0 Å². The molecule has 22 heavy (non-hydrogen) atoms. The summed E-state index contributed by atoms with van der Waals surface area (Å²) in [5.41, 5.74) is 0.696. The molecule has 1 saturated heterocycles. The largest absolute Gasteiger partial charge is 0.445 e. The molecule has 0 saturated carbocycles. The van der Waals surface area contributed by atoms with Crippen LogP contribution in [0.5, 0.6) is 0 Å². The summed E-state index contributed by atoms with van der Waals surface area (Å²) in [6.45, 7) is 1.09. The molecule has 0 spiro atoms. The summed E-state index contributed by atoms with van der Waals surface area (Å²) in [6.07, 6.45) is 1.04. The summed E-state index contributed by atoms with van der Waals surface area (Å²) >= 11 is 0. The van der Waals surface area contributed by atoms with Gasteiger partial charge in [-0.2, -0.15) is 0 Å². The lowest BCUT2D eigenvalue weighted by Crippen LogP contribution is -2.44. The quantitative estimate of drug-likeness (QED) is 0.667. The standard InChI is InChI=1S/C13H17N3O5.ClH/c14-21-12-2-1-7-15(8-12)13(17)20-9-10-3-5-11(6-4-10)16(18)19;/h3-6,12H,1-2,7-9,14H2;1H/t12-;/m1./s1. The molecule has 1 aromatic rings. The molecule has 8 nitrogen and oxygen atoms in total. The molecule has 1 amide bonds. The van der Waals surface area contributed by atoms with Crippen LogP contribution >= 0.6 is 12.4 Å². The number of non-ortho nitro benzene ring substituents is 1. The number of nitro groups is 1. The number of halogens is 1. The fourth-order valence-corrected chi connectivity index (χ4v) is 2.17. The van der Waals surface area contributed by atoms with Gasteiger partial charge in [-0.15, -0.1) is 12.4 Å². The fraction of sp³-hybridized carbons (Fsp3) is 0.462. The van der Waals surface area contributed by atoms with Crippen molar-refractivity contribution in [1.82, 2.24) is 4.90 Å². The van der Waals surface area contributed by atoms with Crippen LogP contribution in [0.25, 0.3) is 0 Å². The molecule has 9 heteroatoms. The van der Waals surface area contributed by atoms with Crippen molar-refractivity contribution in [3.05, 3.63) is 39.9 Å². The molecule has 0 aromatic heterocycles. The number of carbonyl (C=O) groups is 1. The van der Waals surface area contributed by atoms with E-state index in [-0.39, 0.29) is 30.8 Å². The smallest absolute Gasteiger partial charge is 0.410 e. The number of likely N-dealkylation sites (tertiary alicyclic amines) is 1. The molecule has 0 bridgehead atoms. The normalized spacial score (nSPS) is 17.5. The molecule has 0 aliphatic carbocycles. The van der Waals surface area contributed by atoms with Crippen molar-refractivity contribution in [3.63, 3.8) is 0 Å². The second kappa shape index (κ2) is 8.52. The highest BCUT2D eigenvalue weighted by molar-refractivity contribution is 5.85. The van der Waals surface area contributed by atoms with Crippen molar-refractivity contribution in [3.8, 4) is 0 Å². The molecule has 1 fully saturated rings. The Morgan fingerprint density at radius 2 is 2.09 bits per heavy atom. The Balaban J connectivity index is 0.00000242. The van der Waals surface area contributed by atoms with Gasteiger partial charge in [-0.05, 0) is 30.5 Å². The lowest BCUT2D eigenvalue weighted by molar-refractivity contribution is -0.384. The number of rotatable bonds is 4. The first-order chi connectivity index (χ1) is 10.1. The van der Waals surface area contributed by atoms with E-state index in [4.69, 9.17) is 15.5 Å². The number of piperidine rings is 1. The number of carbonyl (C=O) groups excluding carboxylic acids is 1. The van der Waals surface area contributed by atoms with Gasteiger partial charge in [-0.25, -0.2) is 10.7 Å². The topological polar surface area (TPSA) is 108 Å². The van der Waals surface area contributed by atoms with Gasteiger partial charge >= 0.3 is 6.09 Å². The first kappa shape index (κ1) is 18.1. The first-order valence-corrected chi connectivity index (χ1v) is 6.60. The van der Waals surface area contributed by atoms with Gasteiger partial charge in [0.2, 0.25) is 0 Å². The third-order valence-electron chi connectivity index (χ3n) is 3.34. The highest BCUT2D eigenvalue weighted by Gasteiger charge is 2.24. The molecule has 122 valence electrons. The summed E-state index contributed by atoms with van der Waals surface area (Å²) < 4.78 is 5.18. The minimum atomic E-state index is -0.476. The molecule has 1 aliphatic rings. The number of amides is 1. The van der Waals surface area contributed by atoms with Crippen LogP contribution in [-0.2, 0) is 16.2 Å². The van der Waals surface area contributed by atoms with Crippen molar-refractivity contribution in [2.75, 3.05) is 13.1 Å². The lowest BCUT2D eigenvalue weighted by atomic mass is 10.1. The number of hydrogen-bond donors (Lipinski definition) is 1. The summed E-state index contributed by atoms with van der Waals surface area (Å²) in [7, 11) is 0. The average molecular weight is 332 g/mol. The van der Waals surface area contributed by atoms with Gasteiger partial charge in [0.05, 0.1) is 17.6 Å². The molecule has 1 aromatic carbocycles. The van der Waals surface area contributed by atoms with Crippen molar-refractivity contribution in [1.29, 1.82) is 0 Å². The minimum absolute atomic E-state index is 0. The van der Waals surface area contributed by atoms with Crippen LogP contribution in [0, 0.1) is 10.1 Å². The summed E-state index contributed by atoms with van der Waals surface area (Å²) in [6, 6.07) is 5.88. The van der Waals surface area contributed by atoms with Crippen LogP contribution in [0.3, 0.4) is 0 Å². The Morgan fingerprint density at radius 1 is 1.41 bits per heavy atom. The summed E-state index contributed by atoms with van der Waals surface area (Å²) in [4.78, 5) is 28.3. The SMILES string of the molecule is Cl.NO[C@@H]1CCCN(C(=O)OCc2ccc([N+](=O)[O-])cc2)C1. The Labute approximate surface area is 133 Å². The van der Waals surface area contributed by atoms with Crippen LogP contribution in [0.2, 0.25) is 0 Å². The molecule has 2 N–H and O–H groups in total. The minimum Gasteiger partial charge on any atom is -0.445 e. The molecular weight excluding hydrogens is 314 g/mol. The van der Waals surface area contributed by atoms with E-state index in [2.05, 4.69) is 0 Å². The number of hydrogen-bond acceptors (Lipinski definition) is 6. The van der Waals surface area contributed by atoms with Crippen LogP contribution in [0.15, 0.2) is 24.3 Å². The summed E-state index contributed by atoms with van der Waals surface area (Å²) in [5.74, 6) is 5.14. The zero-order chi connectivity index (χ0) is 15.2. The van der Waals surface area contributed by atoms with E-state index in [0.29, 0.717) is 18.7 Å². The van der Waals surface area contributed by atoms with Crippen LogP contribution in [0.1, 0.15) is 18.4 Å². The maximum Gasteiger partial charge on any atom is 0.410 e.